The van der Waals surface area contributed by atoms with E-state index in [4.69, 9.17) is 10.3 Å². The molecular formula is C13H20N2. The van der Waals surface area contributed by atoms with Gasteiger partial charge in [0.1, 0.15) is 0 Å². The molecule has 0 aliphatic heterocycles. The van der Waals surface area contributed by atoms with Crippen LogP contribution < -0.4 is 0 Å². The molecule has 0 N–H and O–H groups in total. The third-order valence-electron chi connectivity index (χ3n) is 3.69. The van der Waals surface area contributed by atoms with Gasteiger partial charge in [-0.3, -0.25) is 4.99 Å². The number of hydrogen-bond acceptors (Lipinski definition) is 2. The Morgan fingerprint density at radius 2 is 1.67 bits per heavy atom. The Hall–Kier alpha value is -0.840. The molecule has 0 amide bonds. The molecule has 2 nitrogen and oxygen atoms in total. The average molecular weight is 204 g/mol. The van der Waals surface area contributed by atoms with Crippen LogP contribution in [0.5, 0.6) is 0 Å². The maximum atomic E-state index is 8.81. The summed E-state index contributed by atoms with van der Waals surface area (Å²) in [5.41, 5.74) is 1.40. The lowest BCUT2D eigenvalue weighted by molar-refractivity contribution is 0.439. The molecule has 0 aromatic rings. The fraction of sp³-hybridized carbons (Fsp3) is 0.846. The lowest BCUT2D eigenvalue weighted by Gasteiger charge is -2.22. The highest BCUT2D eigenvalue weighted by Gasteiger charge is 2.19. The van der Waals surface area contributed by atoms with Crippen LogP contribution in [0.1, 0.15) is 57.8 Å². The summed E-state index contributed by atoms with van der Waals surface area (Å²) in [6, 6.07) is 2.99. The van der Waals surface area contributed by atoms with E-state index in [9.17, 15) is 0 Å². The van der Waals surface area contributed by atoms with Gasteiger partial charge in [-0.05, 0) is 38.5 Å². The average Bonchev–Trinajstić information content (AvgIpc) is 2.31. The first-order chi connectivity index (χ1) is 7.38. The Labute approximate surface area is 92.4 Å². The summed E-state index contributed by atoms with van der Waals surface area (Å²) in [7, 11) is 0. The van der Waals surface area contributed by atoms with Crippen molar-refractivity contribution >= 4 is 5.71 Å². The number of nitriles is 1. The van der Waals surface area contributed by atoms with Crippen molar-refractivity contribution in [3.63, 3.8) is 0 Å². The van der Waals surface area contributed by atoms with Crippen molar-refractivity contribution in [2.24, 2.45) is 10.9 Å². The van der Waals surface area contributed by atoms with Crippen molar-refractivity contribution in [2.75, 3.05) is 0 Å². The predicted octanol–water partition coefficient (Wildman–Crippen LogP) is 3.47. The number of rotatable bonds is 1. The van der Waals surface area contributed by atoms with Gasteiger partial charge in [0.15, 0.2) is 0 Å². The molecule has 2 fully saturated rings. The lowest BCUT2D eigenvalue weighted by atomic mass is 9.88. The first kappa shape index (κ1) is 10.7. The Kier molecular flexibility index (Phi) is 3.77. The molecule has 0 bridgehead atoms. The zero-order valence-electron chi connectivity index (χ0n) is 9.41. The van der Waals surface area contributed by atoms with Gasteiger partial charge in [0, 0.05) is 17.7 Å². The maximum Gasteiger partial charge on any atom is 0.0656 e. The molecule has 0 heterocycles. The first-order valence-corrected chi connectivity index (χ1v) is 6.33. The molecule has 15 heavy (non-hydrogen) atoms. The summed E-state index contributed by atoms with van der Waals surface area (Å²) in [4.78, 5) is 4.87. The summed E-state index contributed by atoms with van der Waals surface area (Å²) in [6.45, 7) is 0. The Bertz CT molecular complexity index is 259. The maximum absolute atomic E-state index is 8.81. The molecule has 2 aliphatic carbocycles. The zero-order valence-corrected chi connectivity index (χ0v) is 9.41. The highest BCUT2D eigenvalue weighted by molar-refractivity contribution is 5.85. The van der Waals surface area contributed by atoms with Crippen molar-refractivity contribution in [3.05, 3.63) is 0 Å². The molecule has 0 unspecified atom stereocenters. The normalized spacial score (nSPS) is 28.5. The molecule has 2 aliphatic rings. The largest absolute Gasteiger partial charge is 0.291 e. The number of nitrogens with zero attached hydrogens (tertiary/aromatic N) is 2. The smallest absolute Gasteiger partial charge is 0.0656 e. The quantitative estimate of drug-likeness (QED) is 0.644. The van der Waals surface area contributed by atoms with Gasteiger partial charge in [-0.2, -0.15) is 5.26 Å². The van der Waals surface area contributed by atoms with E-state index in [1.807, 2.05) is 0 Å². The summed E-state index contributed by atoms with van der Waals surface area (Å²) in [5, 5.41) is 8.81. The number of aliphatic imine (C=N–C) groups is 1. The van der Waals surface area contributed by atoms with E-state index in [2.05, 4.69) is 6.07 Å². The fourth-order valence-corrected chi connectivity index (χ4v) is 2.68. The first-order valence-electron chi connectivity index (χ1n) is 6.33. The van der Waals surface area contributed by atoms with Crippen molar-refractivity contribution in [2.45, 2.75) is 63.8 Å². The van der Waals surface area contributed by atoms with Crippen LogP contribution in [0.2, 0.25) is 0 Å². The molecule has 2 heteroatoms. The van der Waals surface area contributed by atoms with Crippen molar-refractivity contribution in [3.8, 4) is 6.07 Å². The molecule has 2 saturated carbocycles. The van der Waals surface area contributed by atoms with Crippen LogP contribution in [0.15, 0.2) is 4.99 Å². The second-order valence-corrected chi connectivity index (χ2v) is 4.89. The van der Waals surface area contributed by atoms with E-state index in [0.717, 1.165) is 25.7 Å². The van der Waals surface area contributed by atoms with Crippen LogP contribution in [-0.4, -0.2) is 11.8 Å². The minimum absolute atomic E-state index is 0.301. The van der Waals surface area contributed by atoms with Gasteiger partial charge >= 0.3 is 0 Å². The minimum atomic E-state index is 0.301. The third kappa shape index (κ3) is 3.06. The van der Waals surface area contributed by atoms with E-state index >= 15 is 0 Å². The molecule has 82 valence electrons. The van der Waals surface area contributed by atoms with Crippen LogP contribution in [0.3, 0.4) is 0 Å². The SMILES string of the molecule is N#CC1CCC(=NC2CCCCC2)CC1. The fourth-order valence-electron chi connectivity index (χ4n) is 2.68. The monoisotopic (exact) mass is 204 g/mol. The van der Waals surface area contributed by atoms with E-state index in [1.165, 1.54) is 37.8 Å². The van der Waals surface area contributed by atoms with Crippen LogP contribution in [0, 0.1) is 17.2 Å². The summed E-state index contributed by atoms with van der Waals surface area (Å²) >= 11 is 0. The standard InChI is InChI=1S/C13H20N2/c14-10-11-6-8-13(9-7-11)15-12-4-2-1-3-5-12/h11-12H,1-9H2. The van der Waals surface area contributed by atoms with Gasteiger partial charge in [-0.1, -0.05) is 19.3 Å². The van der Waals surface area contributed by atoms with Gasteiger partial charge in [0.25, 0.3) is 0 Å². The summed E-state index contributed by atoms with van der Waals surface area (Å²) in [6.07, 6.45) is 11.0. The predicted molar refractivity (Wildman–Crippen MR) is 61.9 cm³/mol. The minimum Gasteiger partial charge on any atom is -0.291 e. The Morgan fingerprint density at radius 1 is 1.00 bits per heavy atom. The highest BCUT2D eigenvalue weighted by Crippen LogP contribution is 2.25. The molecule has 0 atom stereocenters. The molecule has 0 spiro atoms. The molecular weight excluding hydrogens is 184 g/mol. The molecule has 0 aromatic carbocycles. The van der Waals surface area contributed by atoms with Gasteiger partial charge in [0.05, 0.1) is 6.07 Å². The van der Waals surface area contributed by atoms with Gasteiger partial charge in [-0.25, -0.2) is 0 Å². The molecule has 0 saturated heterocycles. The van der Waals surface area contributed by atoms with E-state index in [0.29, 0.717) is 12.0 Å². The van der Waals surface area contributed by atoms with Crippen molar-refractivity contribution in [1.82, 2.24) is 0 Å². The zero-order chi connectivity index (χ0) is 10.5. The van der Waals surface area contributed by atoms with Gasteiger partial charge in [-0.15, -0.1) is 0 Å². The van der Waals surface area contributed by atoms with Crippen molar-refractivity contribution in [1.29, 1.82) is 5.26 Å². The number of hydrogen-bond donors (Lipinski definition) is 0. The lowest BCUT2D eigenvalue weighted by Crippen LogP contribution is -2.17. The van der Waals surface area contributed by atoms with E-state index in [-0.39, 0.29) is 0 Å². The Balaban J connectivity index is 1.83. The van der Waals surface area contributed by atoms with Crippen LogP contribution in [-0.2, 0) is 0 Å². The van der Waals surface area contributed by atoms with Crippen LogP contribution in [0.4, 0.5) is 0 Å². The second-order valence-electron chi connectivity index (χ2n) is 4.89. The third-order valence-corrected chi connectivity index (χ3v) is 3.69. The summed E-state index contributed by atoms with van der Waals surface area (Å²) in [5.74, 6) is 0.301. The molecule has 2 rings (SSSR count). The second kappa shape index (κ2) is 5.30. The Morgan fingerprint density at radius 3 is 2.27 bits per heavy atom. The van der Waals surface area contributed by atoms with E-state index in [1.54, 1.807) is 0 Å². The van der Waals surface area contributed by atoms with Gasteiger partial charge in [0.2, 0.25) is 0 Å². The van der Waals surface area contributed by atoms with E-state index < -0.39 is 0 Å². The summed E-state index contributed by atoms with van der Waals surface area (Å²) < 4.78 is 0. The topological polar surface area (TPSA) is 36.1 Å². The van der Waals surface area contributed by atoms with Crippen molar-refractivity contribution < 1.29 is 0 Å². The highest BCUT2D eigenvalue weighted by atomic mass is 14.8. The van der Waals surface area contributed by atoms with Crippen LogP contribution in [0.25, 0.3) is 0 Å². The molecule has 0 radical (unpaired) electrons. The van der Waals surface area contributed by atoms with Gasteiger partial charge < -0.3 is 0 Å². The molecule has 0 aromatic heterocycles. The van der Waals surface area contributed by atoms with Crippen LogP contribution >= 0.6 is 0 Å².